The highest BCUT2D eigenvalue weighted by Gasteiger charge is 2.43. The highest BCUT2D eigenvalue weighted by molar-refractivity contribution is 8.68. The van der Waals surface area contributed by atoms with Gasteiger partial charge in [0.2, 0.25) is 5.69 Å². The molecule has 3 amide bonds. The molecular formula is C11H13N2O4PS2. The Morgan fingerprint density at radius 1 is 1.25 bits per heavy atom. The van der Waals surface area contributed by atoms with Crippen LogP contribution in [0.1, 0.15) is 0 Å². The third-order valence-electron chi connectivity index (χ3n) is 2.62. The summed E-state index contributed by atoms with van der Waals surface area (Å²) >= 11 is 6.29. The van der Waals surface area contributed by atoms with Crippen LogP contribution in [0.15, 0.2) is 30.3 Å². The van der Waals surface area contributed by atoms with Crippen LogP contribution in [0.25, 0.3) is 0 Å². The van der Waals surface area contributed by atoms with Crippen molar-refractivity contribution in [3.63, 3.8) is 0 Å². The summed E-state index contributed by atoms with van der Waals surface area (Å²) in [7, 11) is 2.86. The number of urea groups is 1. The van der Waals surface area contributed by atoms with Gasteiger partial charge in [0.05, 0.1) is 0 Å². The molecule has 1 heterocycles. The molecule has 0 radical (unpaired) electrons. The predicted octanol–water partition coefficient (Wildman–Crippen LogP) is 2.32. The summed E-state index contributed by atoms with van der Waals surface area (Å²) in [5.74, 6) is -0.424. The monoisotopic (exact) mass is 332 g/mol. The lowest BCUT2D eigenvalue weighted by Crippen LogP contribution is -2.32. The van der Waals surface area contributed by atoms with E-state index in [-0.39, 0.29) is 0 Å². The minimum Gasteiger partial charge on any atom is -0.325 e. The normalized spacial score (nSPS) is 19.3. The Kier molecular flexibility index (Phi) is 4.82. The second-order valence-electron chi connectivity index (χ2n) is 3.77. The van der Waals surface area contributed by atoms with E-state index in [4.69, 9.17) is 20.9 Å². The zero-order valence-electron chi connectivity index (χ0n) is 10.8. The van der Waals surface area contributed by atoms with E-state index in [1.165, 1.54) is 19.1 Å². The summed E-state index contributed by atoms with van der Waals surface area (Å²) in [6.07, 6.45) is 0. The molecule has 1 N–H and O–H groups in total. The van der Waals surface area contributed by atoms with Crippen LogP contribution in [0.5, 0.6) is 0 Å². The van der Waals surface area contributed by atoms with Crippen molar-refractivity contribution in [1.82, 2.24) is 5.32 Å². The Labute approximate surface area is 125 Å². The number of carbonyl (C=O) groups is 2. The van der Waals surface area contributed by atoms with Crippen LogP contribution in [-0.2, 0) is 25.6 Å². The third-order valence-corrected chi connectivity index (χ3v) is 8.33. The van der Waals surface area contributed by atoms with Gasteiger partial charge in [-0.2, -0.15) is 0 Å². The second-order valence-corrected chi connectivity index (χ2v) is 10.3. The smallest absolute Gasteiger partial charge is 0.325 e. The average Bonchev–Trinajstić information content (AvgIpc) is 2.74. The number of benzene rings is 1. The lowest BCUT2D eigenvalue weighted by Gasteiger charge is -2.25. The first-order chi connectivity index (χ1) is 9.50. The van der Waals surface area contributed by atoms with Crippen molar-refractivity contribution in [3.8, 4) is 0 Å². The van der Waals surface area contributed by atoms with Crippen molar-refractivity contribution in [2.24, 2.45) is 0 Å². The number of hydrogen-bond acceptors (Lipinski definition) is 6. The van der Waals surface area contributed by atoms with Gasteiger partial charge in [0.1, 0.15) is 0 Å². The molecule has 0 bridgehead atoms. The van der Waals surface area contributed by atoms with Crippen LogP contribution in [-0.4, -0.2) is 31.5 Å². The van der Waals surface area contributed by atoms with Crippen molar-refractivity contribution >= 4 is 46.5 Å². The van der Waals surface area contributed by atoms with E-state index in [2.05, 4.69) is 5.32 Å². The van der Waals surface area contributed by atoms with Crippen LogP contribution in [0, 0.1) is 0 Å². The van der Waals surface area contributed by atoms with Gasteiger partial charge in [0.25, 0.3) is 5.91 Å². The Balaban J connectivity index is 2.32. The number of nitrogens with zero attached hydrogens (tertiary/aromatic N) is 1. The van der Waals surface area contributed by atoms with Gasteiger partial charge >= 0.3 is 6.03 Å². The molecule has 0 saturated carbocycles. The van der Waals surface area contributed by atoms with Gasteiger partial charge in [-0.3, -0.25) is 15.0 Å². The number of nitrogens with one attached hydrogen (secondary N) is 1. The van der Waals surface area contributed by atoms with Crippen molar-refractivity contribution in [3.05, 3.63) is 30.3 Å². The lowest BCUT2D eigenvalue weighted by atomic mass is 10.3. The minimum atomic E-state index is -2.66. The third kappa shape index (κ3) is 3.05. The van der Waals surface area contributed by atoms with Crippen LogP contribution < -0.4 is 10.2 Å². The van der Waals surface area contributed by atoms with E-state index < -0.39 is 23.0 Å². The van der Waals surface area contributed by atoms with Gasteiger partial charge in [-0.1, -0.05) is 18.2 Å². The summed E-state index contributed by atoms with van der Waals surface area (Å²) in [5.41, 5.74) is -2.04. The van der Waals surface area contributed by atoms with Gasteiger partial charge in [0.15, 0.2) is 5.37 Å². The molecular weight excluding hydrogens is 319 g/mol. The van der Waals surface area contributed by atoms with E-state index in [1.54, 1.807) is 24.3 Å². The van der Waals surface area contributed by atoms with Gasteiger partial charge in [-0.15, -0.1) is 0 Å². The molecule has 1 aromatic carbocycles. The second kappa shape index (κ2) is 6.24. The van der Waals surface area contributed by atoms with Gasteiger partial charge in [-0.25, -0.2) is 4.79 Å². The van der Waals surface area contributed by atoms with E-state index in [9.17, 15) is 9.59 Å². The molecule has 1 unspecified atom stereocenters. The van der Waals surface area contributed by atoms with E-state index >= 15 is 0 Å². The van der Waals surface area contributed by atoms with Crippen molar-refractivity contribution in [2.45, 2.75) is 5.37 Å². The molecule has 1 aliphatic rings. The molecule has 0 spiro atoms. The van der Waals surface area contributed by atoms with Crippen molar-refractivity contribution in [1.29, 1.82) is 0 Å². The van der Waals surface area contributed by atoms with E-state index in [0.717, 1.165) is 11.4 Å². The molecule has 2 rings (SSSR count). The Hall–Kier alpha value is -0.920. The Bertz CT molecular complexity index is 561. The van der Waals surface area contributed by atoms with Crippen LogP contribution in [0.4, 0.5) is 10.5 Å². The number of hydrogen-bond donors (Lipinski definition) is 1. The number of amides is 3. The van der Waals surface area contributed by atoms with Crippen molar-refractivity contribution in [2.75, 3.05) is 19.1 Å². The number of imide groups is 1. The fourth-order valence-corrected chi connectivity index (χ4v) is 5.26. The zero-order valence-corrected chi connectivity index (χ0v) is 13.3. The standard InChI is InChI=1S/C11H13N2O4PS2/c1-16-18(19,17-2)20-10-9(14)12-11(15)13(10)8-6-4-3-5-7-8/h3-7,10H,1-2H3,(H,12,14,15). The fourth-order valence-electron chi connectivity index (χ4n) is 1.67. The minimum absolute atomic E-state index is 0.424. The van der Waals surface area contributed by atoms with Gasteiger partial charge in [0, 0.05) is 19.9 Å². The lowest BCUT2D eigenvalue weighted by molar-refractivity contribution is -0.118. The first kappa shape index (κ1) is 15.5. The Morgan fingerprint density at radius 3 is 2.40 bits per heavy atom. The van der Waals surface area contributed by atoms with E-state index in [1.807, 2.05) is 6.07 Å². The number of carbonyl (C=O) groups excluding carboxylic acids is 2. The maximum atomic E-state index is 11.9. The molecule has 9 heteroatoms. The Morgan fingerprint density at radius 2 is 1.85 bits per heavy atom. The van der Waals surface area contributed by atoms with Gasteiger partial charge < -0.3 is 9.05 Å². The first-order valence-corrected chi connectivity index (χ1v) is 9.72. The number of para-hydroxylation sites is 1. The topological polar surface area (TPSA) is 67.9 Å². The summed E-state index contributed by atoms with van der Waals surface area (Å²) in [6.45, 7) is 0. The maximum absolute atomic E-state index is 11.9. The zero-order chi connectivity index (χ0) is 14.8. The molecule has 1 aromatic rings. The summed E-state index contributed by atoms with van der Waals surface area (Å²) in [5, 5.41) is 1.48. The number of rotatable bonds is 5. The molecule has 1 aliphatic heterocycles. The summed E-state index contributed by atoms with van der Waals surface area (Å²) < 4.78 is 10.3. The molecule has 1 atom stereocenters. The van der Waals surface area contributed by atoms with Crippen molar-refractivity contribution < 1.29 is 18.6 Å². The summed E-state index contributed by atoms with van der Waals surface area (Å²) in [6, 6.07) is 8.42. The maximum Gasteiger partial charge on any atom is 0.330 e. The number of anilines is 1. The predicted molar refractivity (Wildman–Crippen MR) is 82.1 cm³/mol. The molecule has 0 aromatic heterocycles. The molecule has 108 valence electrons. The highest BCUT2D eigenvalue weighted by atomic mass is 32.9. The van der Waals surface area contributed by atoms with Crippen LogP contribution >= 0.6 is 17.1 Å². The molecule has 1 saturated heterocycles. The van der Waals surface area contributed by atoms with Crippen LogP contribution in [0.3, 0.4) is 0 Å². The molecule has 20 heavy (non-hydrogen) atoms. The fraction of sp³-hybridized carbons (Fsp3) is 0.273. The average molecular weight is 332 g/mol. The highest BCUT2D eigenvalue weighted by Crippen LogP contribution is 2.62. The largest absolute Gasteiger partial charge is 0.330 e. The van der Waals surface area contributed by atoms with E-state index in [0.29, 0.717) is 5.69 Å². The SMILES string of the molecule is COP(=S)(OC)SC1C(=O)NC(=O)N1c1ccccc1. The molecule has 1 fully saturated rings. The summed E-state index contributed by atoms with van der Waals surface area (Å²) in [4.78, 5) is 25.2. The molecule has 6 nitrogen and oxygen atoms in total. The quantitative estimate of drug-likeness (QED) is 0.659. The van der Waals surface area contributed by atoms with Gasteiger partial charge in [-0.05, 0) is 35.3 Å². The molecule has 0 aliphatic carbocycles. The first-order valence-electron chi connectivity index (χ1n) is 5.60. The van der Waals surface area contributed by atoms with Crippen LogP contribution in [0.2, 0.25) is 0 Å².